The fourth-order valence-electron chi connectivity index (χ4n) is 3.03. The van der Waals surface area contributed by atoms with Gasteiger partial charge in [0.25, 0.3) is 0 Å². The van der Waals surface area contributed by atoms with Crippen molar-refractivity contribution in [3.8, 4) is 11.5 Å². The molecule has 0 bridgehead atoms. The van der Waals surface area contributed by atoms with E-state index in [0.29, 0.717) is 26.1 Å². The molecule has 0 aliphatic heterocycles. The molecule has 0 spiro atoms. The second-order valence-electron chi connectivity index (χ2n) is 7.50. The molecule has 34 heavy (non-hydrogen) atoms. The third-order valence-electron chi connectivity index (χ3n) is 4.75. The van der Waals surface area contributed by atoms with Gasteiger partial charge in [0, 0.05) is 12.8 Å². The van der Waals surface area contributed by atoms with E-state index in [9.17, 15) is 9.59 Å². The Morgan fingerprint density at radius 3 is 1.41 bits per heavy atom. The highest BCUT2D eigenvalue weighted by Gasteiger charge is 2.02. The zero-order valence-electron chi connectivity index (χ0n) is 20.0. The van der Waals surface area contributed by atoms with E-state index >= 15 is 0 Å². The molecule has 0 fully saturated rings. The van der Waals surface area contributed by atoms with Crippen molar-refractivity contribution in [3.05, 3.63) is 59.7 Å². The van der Waals surface area contributed by atoms with Gasteiger partial charge in [-0.05, 0) is 86.3 Å². The van der Waals surface area contributed by atoms with Gasteiger partial charge >= 0.3 is 0 Å². The van der Waals surface area contributed by atoms with Gasteiger partial charge in [0.15, 0.2) is 0 Å². The van der Waals surface area contributed by atoms with Gasteiger partial charge < -0.3 is 9.47 Å². The molecule has 0 heterocycles. The maximum Gasteiger partial charge on any atom is 0.240 e. The average Bonchev–Trinajstić information content (AvgIpc) is 2.84. The lowest BCUT2D eigenvalue weighted by atomic mass is 10.1. The number of nitrogens with zero attached hydrogens (tertiary/aromatic N) is 2. The van der Waals surface area contributed by atoms with Crippen molar-refractivity contribution in [2.24, 2.45) is 10.2 Å². The van der Waals surface area contributed by atoms with Crippen LogP contribution in [0.25, 0.3) is 0 Å². The number of hydrogen-bond donors (Lipinski definition) is 2. The van der Waals surface area contributed by atoms with Crippen LogP contribution in [0.15, 0.2) is 58.7 Å². The van der Waals surface area contributed by atoms with Gasteiger partial charge in [-0.2, -0.15) is 10.2 Å². The van der Waals surface area contributed by atoms with E-state index in [-0.39, 0.29) is 11.8 Å². The van der Waals surface area contributed by atoms with Crippen LogP contribution in [0, 0.1) is 0 Å². The third-order valence-corrected chi connectivity index (χ3v) is 4.75. The smallest absolute Gasteiger partial charge is 0.240 e. The molecule has 8 nitrogen and oxygen atoms in total. The van der Waals surface area contributed by atoms with E-state index in [1.165, 1.54) is 0 Å². The first-order valence-corrected chi connectivity index (χ1v) is 11.7. The molecular weight excluding hydrogens is 432 g/mol. The van der Waals surface area contributed by atoms with Crippen molar-refractivity contribution in [3.63, 3.8) is 0 Å². The van der Waals surface area contributed by atoms with Gasteiger partial charge in [0.05, 0.1) is 25.6 Å². The Balaban J connectivity index is 1.51. The van der Waals surface area contributed by atoms with Crippen LogP contribution in [0.4, 0.5) is 0 Å². The van der Waals surface area contributed by atoms with Crippen LogP contribution in [0.5, 0.6) is 11.5 Å². The summed E-state index contributed by atoms with van der Waals surface area (Å²) in [6.07, 6.45) is 7.26. The van der Waals surface area contributed by atoms with Crippen molar-refractivity contribution >= 4 is 24.2 Å². The first-order chi connectivity index (χ1) is 16.6. The molecule has 0 aromatic heterocycles. The van der Waals surface area contributed by atoms with E-state index in [0.717, 1.165) is 48.3 Å². The van der Waals surface area contributed by atoms with Gasteiger partial charge in [-0.25, -0.2) is 10.9 Å². The fourth-order valence-corrected chi connectivity index (χ4v) is 3.03. The molecule has 0 unspecified atom stereocenters. The number of amides is 2. The van der Waals surface area contributed by atoms with Gasteiger partial charge in [0.2, 0.25) is 11.8 Å². The summed E-state index contributed by atoms with van der Waals surface area (Å²) >= 11 is 0. The summed E-state index contributed by atoms with van der Waals surface area (Å²) in [7, 11) is 0. The van der Waals surface area contributed by atoms with Gasteiger partial charge in [-0.1, -0.05) is 12.8 Å². The number of carbonyl (C=O) groups is 2. The molecule has 2 aromatic carbocycles. The van der Waals surface area contributed by atoms with Crippen LogP contribution >= 0.6 is 0 Å². The number of hydrazone groups is 2. The first-order valence-electron chi connectivity index (χ1n) is 11.7. The Morgan fingerprint density at radius 1 is 0.676 bits per heavy atom. The second kappa shape index (κ2) is 16.0. The lowest BCUT2D eigenvalue weighted by Gasteiger charge is -2.03. The van der Waals surface area contributed by atoms with E-state index in [2.05, 4.69) is 21.1 Å². The van der Waals surface area contributed by atoms with Crippen molar-refractivity contribution in [1.29, 1.82) is 0 Å². The van der Waals surface area contributed by atoms with Gasteiger partial charge in [0.1, 0.15) is 11.5 Å². The molecule has 8 heteroatoms. The summed E-state index contributed by atoms with van der Waals surface area (Å²) in [5, 5.41) is 7.96. The molecular formula is C26H34N4O4. The summed E-state index contributed by atoms with van der Waals surface area (Å²) in [5.41, 5.74) is 6.84. The average molecular weight is 467 g/mol. The molecule has 0 saturated heterocycles. The number of hydrogen-bond acceptors (Lipinski definition) is 6. The highest BCUT2D eigenvalue weighted by molar-refractivity contribution is 5.83. The number of rotatable bonds is 15. The Hall–Kier alpha value is -3.68. The molecule has 0 radical (unpaired) electrons. The van der Waals surface area contributed by atoms with Crippen molar-refractivity contribution in [2.45, 2.75) is 52.4 Å². The van der Waals surface area contributed by atoms with Crippen molar-refractivity contribution in [1.82, 2.24) is 10.9 Å². The van der Waals surface area contributed by atoms with E-state index in [4.69, 9.17) is 9.47 Å². The first kappa shape index (κ1) is 26.6. The molecule has 2 amide bonds. The van der Waals surface area contributed by atoms with Crippen LogP contribution in [-0.2, 0) is 9.59 Å². The predicted octanol–water partition coefficient (Wildman–Crippen LogP) is 4.43. The predicted molar refractivity (Wildman–Crippen MR) is 134 cm³/mol. The Kier molecular flexibility index (Phi) is 12.5. The fraction of sp³-hybridized carbons (Fsp3) is 0.385. The number of benzene rings is 2. The minimum absolute atomic E-state index is 0.122. The highest BCUT2D eigenvalue weighted by Crippen LogP contribution is 2.11. The topological polar surface area (TPSA) is 101 Å². The monoisotopic (exact) mass is 466 g/mol. The van der Waals surface area contributed by atoms with Crippen LogP contribution in [-0.4, -0.2) is 37.5 Å². The minimum atomic E-state index is -0.122. The maximum atomic E-state index is 11.9. The Morgan fingerprint density at radius 2 is 1.06 bits per heavy atom. The zero-order chi connectivity index (χ0) is 24.4. The maximum absolute atomic E-state index is 11.9. The number of ether oxygens (including phenoxy) is 2. The van der Waals surface area contributed by atoms with Crippen LogP contribution in [0.2, 0.25) is 0 Å². The van der Waals surface area contributed by atoms with Crippen LogP contribution in [0.1, 0.15) is 63.5 Å². The summed E-state index contributed by atoms with van der Waals surface area (Å²) < 4.78 is 10.8. The standard InChI is InChI=1S/C26H34N4O4/c1-3-33-23-15-11-21(12-16-23)19-27-29-25(31)9-7-5-6-8-10-26(32)30-28-20-22-13-17-24(18-14-22)34-4-2/h11-20H,3-10H2,1-2H3,(H,29,31)(H,30,32)/b27-19+,28-20+. The van der Waals surface area contributed by atoms with Crippen LogP contribution < -0.4 is 20.3 Å². The van der Waals surface area contributed by atoms with E-state index in [1.807, 2.05) is 62.4 Å². The molecule has 182 valence electrons. The Labute approximate surface area is 201 Å². The number of nitrogens with one attached hydrogen (secondary N) is 2. The molecule has 2 aromatic rings. The summed E-state index contributed by atoms with van der Waals surface area (Å²) in [5.74, 6) is 1.36. The third kappa shape index (κ3) is 11.3. The number of unbranched alkanes of at least 4 members (excludes halogenated alkanes) is 3. The van der Waals surface area contributed by atoms with Crippen molar-refractivity contribution in [2.75, 3.05) is 13.2 Å². The quantitative estimate of drug-likeness (QED) is 0.230. The zero-order valence-corrected chi connectivity index (χ0v) is 20.0. The van der Waals surface area contributed by atoms with Gasteiger partial charge in [-0.15, -0.1) is 0 Å². The minimum Gasteiger partial charge on any atom is -0.494 e. The molecule has 0 aliphatic carbocycles. The molecule has 2 rings (SSSR count). The molecule has 0 aliphatic rings. The highest BCUT2D eigenvalue weighted by atomic mass is 16.5. The molecule has 0 saturated carbocycles. The normalized spacial score (nSPS) is 11.0. The lowest BCUT2D eigenvalue weighted by molar-refractivity contribution is -0.122. The van der Waals surface area contributed by atoms with E-state index < -0.39 is 0 Å². The molecule has 2 N–H and O–H groups in total. The second-order valence-corrected chi connectivity index (χ2v) is 7.50. The van der Waals surface area contributed by atoms with Crippen LogP contribution in [0.3, 0.4) is 0 Å². The Bertz CT molecular complexity index is 847. The largest absolute Gasteiger partial charge is 0.494 e. The summed E-state index contributed by atoms with van der Waals surface area (Å²) in [6.45, 7) is 5.11. The molecule has 0 atom stereocenters. The van der Waals surface area contributed by atoms with Crippen molar-refractivity contribution < 1.29 is 19.1 Å². The lowest BCUT2D eigenvalue weighted by Crippen LogP contribution is -2.17. The van der Waals surface area contributed by atoms with Gasteiger partial charge in [-0.3, -0.25) is 9.59 Å². The summed E-state index contributed by atoms with van der Waals surface area (Å²) in [6, 6.07) is 15.0. The SMILES string of the molecule is CCOc1ccc(/C=N/NC(=O)CCCCCCC(=O)N/N=C/c2ccc(OCC)cc2)cc1. The van der Waals surface area contributed by atoms with E-state index in [1.54, 1.807) is 12.4 Å². The number of carbonyl (C=O) groups excluding carboxylic acids is 2. The summed E-state index contributed by atoms with van der Waals surface area (Å²) in [4.78, 5) is 23.7.